The molecule has 7 rings (SSSR count). The van der Waals surface area contributed by atoms with E-state index in [4.69, 9.17) is 19.2 Å². The van der Waals surface area contributed by atoms with E-state index in [0.717, 1.165) is 25.7 Å². The molecule has 0 radical (unpaired) electrons. The molecule has 4 N–H and O–H groups in total. The van der Waals surface area contributed by atoms with Crippen LogP contribution in [0.5, 0.6) is 0 Å². The van der Waals surface area contributed by atoms with Gasteiger partial charge in [0.25, 0.3) is 0 Å². The third-order valence-electron chi connectivity index (χ3n) is 12.6. The third kappa shape index (κ3) is 4.38. The Hall–Kier alpha value is -1.10. The van der Waals surface area contributed by atoms with Gasteiger partial charge >= 0.3 is 0 Å². The smallest absolute Gasteiger partial charge is 0.186 e. The number of allylic oxidation sites excluding steroid dienone is 3. The van der Waals surface area contributed by atoms with Crippen LogP contribution >= 0.6 is 0 Å². The van der Waals surface area contributed by atoms with Gasteiger partial charge in [-0.25, -0.2) is 9.78 Å². The highest BCUT2D eigenvalue weighted by atomic mass is 17.2. The molecular formula is C34H52O8. The lowest BCUT2D eigenvalue weighted by Gasteiger charge is -2.66. The van der Waals surface area contributed by atoms with Gasteiger partial charge in [-0.3, -0.25) is 0 Å². The minimum absolute atomic E-state index is 0.110. The van der Waals surface area contributed by atoms with E-state index in [0.29, 0.717) is 36.0 Å². The molecule has 42 heavy (non-hydrogen) atoms. The van der Waals surface area contributed by atoms with E-state index < -0.39 is 48.5 Å². The number of ether oxygens (including phenoxy) is 2. The molecule has 0 amide bonds. The molecule has 14 atom stereocenters. The molecule has 3 heterocycles. The number of hydrogen-bond acceptors (Lipinski definition) is 8. The van der Waals surface area contributed by atoms with Gasteiger partial charge in [0.15, 0.2) is 6.29 Å². The summed E-state index contributed by atoms with van der Waals surface area (Å²) in [4.78, 5) is 13.0. The summed E-state index contributed by atoms with van der Waals surface area (Å²) in [5, 5.41) is 40.5. The number of aliphatic hydroxyl groups excluding tert-OH is 4. The Morgan fingerprint density at radius 2 is 1.74 bits per heavy atom. The van der Waals surface area contributed by atoms with Crippen molar-refractivity contribution in [2.75, 3.05) is 6.61 Å². The molecule has 2 spiro atoms. The number of aliphatic hydroxyl groups is 4. The summed E-state index contributed by atoms with van der Waals surface area (Å²) in [5.74, 6) is 2.61. The number of fused-ring (bicyclic) bond motifs is 2. The van der Waals surface area contributed by atoms with Gasteiger partial charge in [-0.1, -0.05) is 59.8 Å². The Kier molecular flexibility index (Phi) is 7.92. The van der Waals surface area contributed by atoms with Crippen LogP contribution < -0.4 is 0 Å². The zero-order valence-corrected chi connectivity index (χ0v) is 26.1. The third-order valence-corrected chi connectivity index (χ3v) is 12.6. The summed E-state index contributed by atoms with van der Waals surface area (Å²) in [6.07, 6.45) is 10.4. The van der Waals surface area contributed by atoms with Gasteiger partial charge in [0.05, 0.1) is 12.7 Å². The number of hydrogen-bond donors (Lipinski definition) is 4. The molecule has 0 aromatic heterocycles. The predicted molar refractivity (Wildman–Crippen MR) is 157 cm³/mol. The topological polar surface area (TPSA) is 118 Å². The molecule has 4 aliphatic carbocycles. The quantitative estimate of drug-likeness (QED) is 0.258. The average molecular weight is 589 g/mol. The average Bonchev–Trinajstić information content (AvgIpc) is 3.33. The van der Waals surface area contributed by atoms with Crippen LogP contribution in [0.4, 0.5) is 0 Å². The fourth-order valence-corrected chi connectivity index (χ4v) is 9.48. The van der Waals surface area contributed by atoms with Crippen molar-refractivity contribution in [1.29, 1.82) is 0 Å². The summed E-state index contributed by atoms with van der Waals surface area (Å²) in [7, 11) is 0. The van der Waals surface area contributed by atoms with E-state index in [9.17, 15) is 20.4 Å². The highest BCUT2D eigenvalue weighted by molar-refractivity contribution is 5.48. The maximum Gasteiger partial charge on any atom is 0.186 e. The van der Waals surface area contributed by atoms with Gasteiger partial charge in [0.1, 0.15) is 35.6 Å². The van der Waals surface area contributed by atoms with Crippen molar-refractivity contribution in [3.63, 3.8) is 0 Å². The molecule has 2 saturated heterocycles. The monoisotopic (exact) mass is 588 g/mol. The van der Waals surface area contributed by atoms with Crippen LogP contribution in [0.15, 0.2) is 36.0 Å². The Morgan fingerprint density at radius 3 is 2.40 bits per heavy atom. The fourth-order valence-electron chi connectivity index (χ4n) is 9.48. The lowest BCUT2D eigenvalue weighted by Crippen LogP contribution is -2.69. The molecule has 1 unspecified atom stereocenters. The van der Waals surface area contributed by atoms with E-state index in [1.807, 2.05) is 0 Å². The minimum Gasteiger partial charge on any atom is -0.394 e. The normalized spacial score (nSPS) is 51.3. The Balaban J connectivity index is 1.22. The van der Waals surface area contributed by atoms with E-state index in [1.54, 1.807) is 0 Å². The zero-order valence-electron chi connectivity index (χ0n) is 26.1. The van der Waals surface area contributed by atoms with E-state index in [2.05, 4.69) is 71.9 Å². The van der Waals surface area contributed by atoms with Crippen LogP contribution in [0.25, 0.3) is 0 Å². The van der Waals surface area contributed by atoms with Gasteiger partial charge in [-0.2, -0.15) is 0 Å². The summed E-state index contributed by atoms with van der Waals surface area (Å²) < 4.78 is 11.8. The highest BCUT2D eigenvalue weighted by Crippen LogP contribution is 2.71. The molecule has 0 aromatic rings. The van der Waals surface area contributed by atoms with Crippen molar-refractivity contribution in [2.24, 2.45) is 40.4 Å². The first-order valence-electron chi connectivity index (χ1n) is 16.2. The number of rotatable bonds is 7. The van der Waals surface area contributed by atoms with Crippen molar-refractivity contribution >= 4 is 0 Å². The van der Waals surface area contributed by atoms with Crippen LogP contribution in [0.2, 0.25) is 0 Å². The van der Waals surface area contributed by atoms with Gasteiger partial charge in [0.2, 0.25) is 0 Å². The van der Waals surface area contributed by atoms with Gasteiger partial charge < -0.3 is 29.9 Å². The van der Waals surface area contributed by atoms with Crippen molar-refractivity contribution in [3.05, 3.63) is 36.0 Å². The highest BCUT2D eigenvalue weighted by Gasteiger charge is 2.72. The summed E-state index contributed by atoms with van der Waals surface area (Å²) >= 11 is 0. The molecular weight excluding hydrogens is 536 g/mol. The van der Waals surface area contributed by atoms with Crippen molar-refractivity contribution in [1.82, 2.24) is 0 Å². The summed E-state index contributed by atoms with van der Waals surface area (Å²) in [6.45, 7) is 13.5. The first-order valence-corrected chi connectivity index (χ1v) is 16.2. The molecule has 8 nitrogen and oxygen atoms in total. The molecule has 8 heteroatoms. The van der Waals surface area contributed by atoms with Gasteiger partial charge in [-0.15, -0.1) is 0 Å². The van der Waals surface area contributed by atoms with Crippen molar-refractivity contribution in [3.8, 4) is 0 Å². The summed E-state index contributed by atoms with van der Waals surface area (Å²) in [6, 6.07) is 0. The first kappa shape index (κ1) is 30.9. The van der Waals surface area contributed by atoms with E-state index in [1.165, 1.54) is 12.0 Å². The standard InChI is InChI=1S/C34H52O8/c1-19(2)20(3)7-8-21(4)23-9-10-25-31(23,5)13-12-26-32(6)14-11-22(17-33(32)15-16-34(25,26)42-41-33)39-30-29(38)28(37)27(36)24(18-35)40-30/h7-8,12,15-16,19-25,27-30,35-38H,9-11,13-14,17-18H2,1-6H3/b8-7+/t20-,21+,22+,23+,24+,25?,27+,28-,29+,30+,31+,32+,33+,34-/m0/s1. The second-order valence-electron chi connectivity index (χ2n) is 15.1. The molecule has 0 aromatic carbocycles. The molecule has 4 fully saturated rings. The predicted octanol–water partition coefficient (Wildman–Crippen LogP) is 4.22. The first-order chi connectivity index (χ1) is 19.8. The van der Waals surface area contributed by atoms with Crippen molar-refractivity contribution < 1.29 is 39.7 Å². The van der Waals surface area contributed by atoms with Gasteiger partial charge in [0, 0.05) is 17.8 Å². The second kappa shape index (κ2) is 10.8. The maximum absolute atomic E-state index is 10.5. The Bertz CT molecular complexity index is 1120. The SMILES string of the molecule is CC(C)[C@@H](C)/C=C/[C@@H](C)[C@H]1CCC2[C@]1(C)CC=C1[C@]23C=C[C@]2(C[C@H](O[C@@H]4O[C@H](CO)[C@@H](O)[C@H](O)[C@H]4O)CC[C@]12C)OO3. The maximum atomic E-state index is 10.5. The molecule has 7 aliphatic rings. The van der Waals surface area contributed by atoms with E-state index in [-0.39, 0.29) is 16.9 Å². The lowest BCUT2D eigenvalue weighted by molar-refractivity contribution is -0.457. The van der Waals surface area contributed by atoms with Crippen LogP contribution in [-0.2, 0) is 19.2 Å². The zero-order chi connectivity index (χ0) is 30.2. The Labute approximate surface area is 250 Å². The fraction of sp³-hybridized carbons (Fsp3) is 0.824. The van der Waals surface area contributed by atoms with Gasteiger partial charge in [-0.05, 0) is 78.9 Å². The van der Waals surface area contributed by atoms with Crippen LogP contribution in [0, 0.1) is 40.4 Å². The van der Waals surface area contributed by atoms with Crippen LogP contribution in [0.3, 0.4) is 0 Å². The molecule has 2 bridgehead atoms. The molecule has 2 saturated carbocycles. The minimum atomic E-state index is -1.47. The molecule has 236 valence electrons. The van der Waals surface area contributed by atoms with E-state index >= 15 is 0 Å². The van der Waals surface area contributed by atoms with Crippen LogP contribution in [-0.4, -0.2) is 75.0 Å². The summed E-state index contributed by atoms with van der Waals surface area (Å²) in [5.41, 5.74) is -0.0780. The molecule has 3 aliphatic heterocycles. The second-order valence-corrected chi connectivity index (χ2v) is 15.1. The Morgan fingerprint density at radius 1 is 0.976 bits per heavy atom. The van der Waals surface area contributed by atoms with Crippen molar-refractivity contribution in [2.45, 2.75) is 128 Å². The lowest BCUT2D eigenvalue weighted by atomic mass is 9.46. The van der Waals surface area contributed by atoms with Crippen LogP contribution in [0.1, 0.15) is 80.1 Å². The largest absolute Gasteiger partial charge is 0.394 e.